The molecule has 9 heteroatoms. The van der Waals surface area contributed by atoms with E-state index in [4.69, 9.17) is 4.74 Å². The van der Waals surface area contributed by atoms with Crippen molar-refractivity contribution in [2.75, 3.05) is 45.6 Å². The van der Waals surface area contributed by atoms with E-state index in [2.05, 4.69) is 52.0 Å². The number of nitrogens with one attached hydrogen (secondary N) is 2. The van der Waals surface area contributed by atoms with Crippen molar-refractivity contribution in [2.45, 2.75) is 26.9 Å². The van der Waals surface area contributed by atoms with Gasteiger partial charge in [0, 0.05) is 26.7 Å². The zero-order valence-electron chi connectivity index (χ0n) is 16.5. The summed E-state index contributed by atoms with van der Waals surface area (Å²) in [4.78, 5) is 6.48. The predicted molar refractivity (Wildman–Crippen MR) is 120 cm³/mol. The van der Waals surface area contributed by atoms with E-state index in [1.165, 1.54) is 16.7 Å². The average molecular weight is 510 g/mol. The van der Waals surface area contributed by atoms with Gasteiger partial charge in [-0.25, -0.2) is 13.1 Å². The van der Waals surface area contributed by atoms with Gasteiger partial charge in [0.1, 0.15) is 6.10 Å². The lowest BCUT2D eigenvalue weighted by Crippen LogP contribution is -2.49. The second kappa shape index (κ2) is 11.2. The van der Waals surface area contributed by atoms with Gasteiger partial charge in [-0.1, -0.05) is 23.8 Å². The van der Waals surface area contributed by atoms with Crippen LogP contribution in [0.2, 0.25) is 0 Å². The number of rotatable bonds is 6. The molecule has 0 aromatic heterocycles. The first-order valence-corrected chi connectivity index (χ1v) is 10.6. The van der Waals surface area contributed by atoms with Gasteiger partial charge in [-0.3, -0.25) is 4.99 Å². The third-order valence-electron chi connectivity index (χ3n) is 4.46. The molecule has 0 aliphatic carbocycles. The number of nitrogens with zero attached hydrogens (tertiary/aromatic N) is 2. The van der Waals surface area contributed by atoms with Crippen LogP contribution in [0.25, 0.3) is 0 Å². The molecule has 1 saturated heterocycles. The summed E-state index contributed by atoms with van der Waals surface area (Å²) in [6.45, 7) is 8.72. The lowest BCUT2D eigenvalue weighted by molar-refractivity contribution is -0.00829. The maximum atomic E-state index is 11.5. The molecule has 154 valence electrons. The van der Waals surface area contributed by atoms with Crippen LogP contribution in [0.3, 0.4) is 0 Å². The number of aryl methyl sites for hydroxylation is 2. The Hall–Kier alpha value is -0.910. The van der Waals surface area contributed by atoms with Gasteiger partial charge in [0.2, 0.25) is 10.0 Å². The normalized spacial score (nSPS) is 18.1. The summed E-state index contributed by atoms with van der Waals surface area (Å²) in [6, 6.07) is 6.41. The van der Waals surface area contributed by atoms with Crippen LogP contribution in [0.5, 0.6) is 0 Å². The number of ether oxygens (including phenoxy) is 1. The van der Waals surface area contributed by atoms with Gasteiger partial charge in [-0.05, 0) is 31.9 Å². The summed E-state index contributed by atoms with van der Waals surface area (Å²) in [6.07, 6.45) is 0.00138. The van der Waals surface area contributed by atoms with E-state index < -0.39 is 10.0 Å². The highest BCUT2D eigenvalue weighted by Crippen LogP contribution is 2.25. The molecule has 1 heterocycles. The smallest absolute Gasteiger partial charge is 0.211 e. The minimum absolute atomic E-state index is 0. The van der Waals surface area contributed by atoms with Crippen LogP contribution in [0.1, 0.15) is 29.7 Å². The number of sulfonamides is 1. The van der Waals surface area contributed by atoms with E-state index >= 15 is 0 Å². The molecule has 1 fully saturated rings. The molecule has 0 spiro atoms. The number of benzene rings is 1. The molecule has 1 aromatic rings. The molecule has 0 radical (unpaired) electrons. The SMILES string of the molecule is CCS(=O)(=O)NCCNC(=NC)N1CCOC(c2ccc(C)cc2C)C1.I. The molecule has 7 nitrogen and oxygen atoms in total. The summed E-state index contributed by atoms with van der Waals surface area (Å²) in [7, 11) is -1.43. The number of halogens is 1. The predicted octanol–water partition coefficient (Wildman–Crippen LogP) is 1.81. The van der Waals surface area contributed by atoms with Crippen LogP contribution in [0.15, 0.2) is 23.2 Å². The van der Waals surface area contributed by atoms with Gasteiger partial charge in [0.05, 0.1) is 18.9 Å². The summed E-state index contributed by atoms with van der Waals surface area (Å²) in [5, 5.41) is 3.22. The highest BCUT2D eigenvalue weighted by Gasteiger charge is 2.25. The second-order valence-corrected chi connectivity index (χ2v) is 8.53. The Morgan fingerprint density at radius 2 is 2.07 bits per heavy atom. The molecule has 0 bridgehead atoms. The van der Waals surface area contributed by atoms with Crippen molar-refractivity contribution in [3.63, 3.8) is 0 Å². The fourth-order valence-electron chi connectivity index (χ4n) is 3.03. The number of hydrogen-bond acceptors (Lipinski definition) is 4. The second-order valence-electron chi connectivity index (χ2n) is 6.44. The van der Waals surface area contributed by atoms with Crippen molar-refractivity contribution in [1.29, 1.82) is 0 Å². The standard InChI is InChI=1S/C18H30N4O3S.HI/c1-5-26(23,24)21-9-8-20-18(19-4)22-10-11-25-17(13-22)16-7-6-14(2)12-15(16)3;/h6-7,12,17,21H,5,8-11,13H2,1-4H3,(H,19,20);1H. The van der Waals surface area contributed by atoms with Crippen LogP contribution in [-0.2, 0) is 14.8 Å². The van der Waals surface area contributed by atoms with E-state index in [-0.39, 0.29) is 35.8 Å². The molecule has 2 rings (SSSR count). The minimum Gasteiger partial charge on any atom is -0.370 e. The van der Waals surface area contributed by atoms with E-state index in [0.29, 0.717) is 26.2 Å². The Morgan fingerprint density at radius 1 is 1.33 bits per heavy atom. The van der Waals surface area contributed by atoms with Gasteiger partial charge < -0.3 is 15.0 Å². The Kier molecular flexibility index (Phi) is 9.99. The third-order valence-corrected chi connectivity index (χ3v) is 5.86. The maximum Gasteiger partial charge on any atom is 0.211 e. The van der Waals surface area contributed by atoms with Crippen molar-refractivity contribution < 1.29 is 13.2 Å². The molecular formula is C18H31IN4O3S. The topological polar surface area (TPSA) is 83.0 Å². The summed E-state index contributed by atoms with van der Waals surface area (Å²) >= 11 is 0. The number of aliphatic imine (C=N–C) groups is 1. The Morgan fingerprint density at radius 3 is 2.70 bits per heavy atom. The Bertz CT molecular complexity index is 740. The van der Waals surface area contributed by atoms with Gasteiger partial charge in [0.25, 0.3) is 0 Å². The highest BCUT2D eigenvalue weighted by molar-refractivity contribution is 14.0. The fraction of sp³-hybridized carbons (Fsp3) is 0.611. The van der Waals surface area contributed by atoms with E-state index in [9.17, 15) is 8.42 Å². The molecule has 1 aromatic carbocycles. The van der Waals surface area contributed by atoms with E-state index in [1.54, 1.807) is 14.0 Å². The van der Waals surface area contributed by atoms with E-state index in [0.717, 1.165) is 12.5 Å². The molecule has 1 aliphatic rings. The third kappa shape index (κ3) is 7.20. The first kappa shape index (κ1) is 24.1. The lowest BCUT2D eigenvalue weighted by atomic mass is 10.00. The fourth-order valence-corrected chi connectivity index (χ4v) is 3.65. The first-order valence-electron chi connectivity index (χ1n) is 8.98. The zero-order chi connectivity index (χ0) is 19.2. The van der Waals surface area contributed by atoms with Gasteiger partial charge in [-0.15, -0.1) is 24.0 Å². The van der Waals surface area contributed by atoms with Crippen molar-refractivity contribution in [3.05, 3.63) is 34.9 Å². The molecule has 1 atom stereocenters. The molecule has 2 N–H and O–H groups in total. The average Bonchev–Trinajstić information content (AvgIpc) is 2.62. The molecule has 0 saturated carbocycles. The van der Waals surface area contributed by atoms with Crippen LogP contribution in [0, 0.1) is 13.8 Å². The number of guanidine groups is 1. The van der Waals surface area contributed by atoms with Crippen molar-refractivity contribution >= 4 is 40.0 Å². The molecule has 0 amide bonds. The summed E-state index contributed by atoms with van der Waals surface area (Å²) in [5.41, 5.74) is 3.67. The molecular weight excluding hydrogens is 479 g/mol. The van der Waals surface area contributed by atoms with Crippen LogP contribution in [-0.4, -0.2) is 64.9 Å². The van der Waals surface area contributed by atoms with Crippen molar-refractivity contribution in [1.82, 2.24) is 14.9 Å². The molecule has 1 aliphatic heterocycles. The first-order chi connectivity index (χ1) is 12.4. The quantitative estimate of drug-likeness (QED) is 0.264. The highest BCUT2D eigenvalue weighted by atomic mass is 127. The monoisotopic (exact) mass is 510 g/mol. The molecule has 27 heavy (non-hydrogen) atoms. The zero-order valence-corrected chi connectivity index (χ0v) is 19.6. The minimum atomic E-state index is -3.17. The maximum absolute atomic E-state index is 11.5. The lowest BCUT2D eigenvalue weighted by Gasteiger charge is -2.35. The number of hydrogen-bond donors (Lipinski definition) is 2. The van der Waals surface area contributed by atoms with Crippen LogP contribution in [0.4, 0.5) is 0 Å². The van der Waals surface area contributed by atoms with Gasteiger partial charge in [0.15, 0.2) is 5.96 Å². The van der Waals surface area contributed by atoms with Crippen LogP contribution < -0.4 is 10.0 Å². The van der Waals surface area contributed by atoms with Crippen molar-refractivity contribution in [2.24, 2.45) is 4.99 Å². The summed E-state index contributed by atoms with van der Waals surface area (Å²) in [5.74, 6) is 0.849. The summed E-state index contributed by atoms with van der Waals surface area (Å²) < 4.78 is 31.5. The van der Waals surface area contributed by atoms with Crippen LogP contribution >= 0.6 is 24.0 Å². The Balaban J connectivity index is 0.00000364. The van der Waals surface area contributed by atoms with Gasteiger partial charge >= 0.3 is 0 Å². The Labute approximate surface area is 180 Å². The largest absolute Gasteiger partial charge is 0.370 e. The van der Waals surface area contributed by atoms with E-state index in [1.807, 2.05) is 0 Å². The molecule has 1 unspecified atom stereocenters. The number of morpholine rings is 1. The van der Waals surface area contributed by atoms with Gasteiger partial charge in [-0.2, -0.15) is 0 Å². The van der Waals surface area contributed by atoms with Crippen molar-refractivity contribution in [3.8, 4) is 0 Å².